The van der Waals surface area contributed by atoms with E-state index in [0.717, 1.165) is 11.1 Å². The number of Topliss-reactive ketones (excluding diaryl/α,β-unsaturated/α-hetero) is 1. The number of hydrogen-bond acceptors (Lipinski definition) is 12. The van der Waals surface area contributed by atoms with Gasteiger partial charge in [0.15, 0.2) is 25.5 Å². The Balaban J connectivity index is 0.000000241. The van der Waals surface area contributed by atoms with Gasteiger partial charge in [-0.25, -0.2) is 9.59 Å². The van der Waals surface area contributed by atoms with E-state index in [0.29, 0.717) is 17.9 Å². The molecule has 12 nitrogen and oxygen atoms in total. The first-order chi connectivity index (χ1) is 28.1. The Bertz CT molecular complexity index is 2200. The van der Waals surface area contributed by atoms with Gasteiger partial charge < -0.3 is 27.9 Å². The van der Waals surface area contributed by atoms with Crippen LogP contribution in [-0.4, -0.2) is 67.4 Å². The van der Waals surface area contributed by atoms with Crippen molar-refractivity contribution in [2.24, 2.45) is 11.8 Å². The van der Waals surface area contributed by atoms with Crippen molar-refractivity contribution < 1.29 is 47.1 Å². The van der Waals surface area contributed by atoms with Gasteiger partial charge in [0.05, 0.1) is 6.04 Å². The molecule has 60 heavy (non-hydrogen) atoms. The summed E-state index contributed by atoms with van der Waals surface area (Å²) in [7, 11) is 1.28. The van der Waals surface area contributed by atoms with E-state index in [1.807, 2.05) is 75.3 Å². The molecule has 0 amide bonds. The number of allylic oxidation sites excluding steroid dienone is 1. The predicted molar refractivity (Wildman–Crippen MR) is 230 cm³/mol. The van der Waals surface area contributed by atoms with E-state index in [9.17, 15) is 19.2 Å². The van der Waals surface area contributed by atoms with Gasteiger partial charge in [-0.15, -0.1) is 0 Å². The van der Waals surface area contributed by atoms with Gasteiger partial charge in [0.25, 0.3) is 5.88 Å². The minimum Gasteiger partial charge on any atom is -0.470 e. The summed E-state index contributed by atoms with van der Waals surface area (Å²) in [5.41, 5.74) is -0.251. The highest BCUT2D eigenvalue weighted by atomic mass is 28.4. The van der Waals surface area contributed by atoms with E-state index in [4.69, 9.17) is 27.9 Å². The molecule has 0 bridgehead atoms. The molecule has 0 aliphatic heterocycles. The van der Waals surface area contributed by atoms with Crippen molar-refractivity contribution >= 4 is 32.0 Å². The molecule has 4 atom stereocenters. The van der Waals surface area contributed by atoms with Gasteiger partial charge in [-0.1, -0.05) is 101 Å². The standard InChI is InChI=1S/C27H36N2O5Si.C20H22O5/c1-17-14-15-19(30)27(34-35(7,8)26(2,3)4)21(17)22(29(5)6)23-20(24(27)31)25(28-33-23)32-16-18-12-10-9-11-13-18;1-5-14-10-9-13-16(24-19(22)25-20(2,3)4)17(14)18(21)23-15-11-7-6-8-12-15/h9-15,17,21-22H,16H2,1-8H3;6-13H,5H2,1-4H3/t17-,21-,22-,27+;/m0./s1. The van der Waals surface area contributed by atoms with Crippen LogP contribution in [0.15, 0.2) is 95.5 Å². The minimum atomic E-state index is -2.56. The van der Waals surface area contributed by atoms with Crippen LogP contribution in [0.1, 0.15) is 99.0 Å². The maximum atomic E-state index is 14.4. The second kappa shape index (κ2) is 18.1. The van der Waals surface area contributed by atoms with Crippen LogP contribution >= 0.6 is 0 Å². The molecule has 3 aromatic carbocycles. The highest BCUT2D eigenvalue weighted by Gasteiger charge is 2.66. The molecule has 0 radical (unpaired) electrons. The van der Waals surface area contributed by atoms with Crippen molar-refractivity contribution in [1.82, 2.24) is 10.1 Å². The Morgan fingerprint density at radius 3 is 2.10 bits per heavy atom. The summed E-state index contributed by atoms with van der Waals surface area (Å²) in [6.45, 7) is 19.8. The molecule has 1 aromatic heterocycles. The third-order valence-electron chi connectivity index (χ3n) is 11.0. The zero-order valence-electron chi connectivity index (χ0n) is 36.8. The summed E-state index contributed by atoms with van der Waals surface area (Å²) in [6.07, 6.45) is 3.11. The maximum absolute atomic E-state index is 14.4. The van der Waals surface area contributed by atoms with Gasteiger partial charge in [0.2, 0.25) is 5.78 Å². The van der Waals surface area contributed by atoms with E-state index in [1.165, 1.54) is 6.08 Å². The van der Waals surface area contributed by atoms with Crippen molar-refractivity contribution in [3.8, 4) is 17.4 Å². The average molecular weight is 839 g/mol. The number of ketones is 2. The number of fused-ring (bicyclic) bond motifs is 2. The normalized spacial score (nSPS) is 20.1. The first kappa shape index (κ1) is 45.7. The molecule has 320 valence electrons. The molecule has 4 aromatic rings. The number of nitrogens with zero attached hydrogens (tertiary/aromatic N) is 2. The summed E-state index contributed by atoms with van der Waals surface area (Å²) in [5, 5.41) is 3.96. The van der Waals surface area contributed by atoms with E-state index < -0.39 is 49.4 Å². The maximum Gasteiger partial charge on any atom is 0.514 e. The number of esters is 1. The predicted octanol–water partition coefficient (Wildman–Crippen LogP) is 9.99. The van der Waals surface area contributed by atoms with Crippen LogP contribution < -0.4 is 14.2 Å². The largest absolute Gasteiger partial charge is 0.514 e. The molecule has 0 fully saturated rings. The van der Waals surface area contributed by atoms with Gasteiger partial charge in [-0.05, 0) is 106 Å². The Morgan fingerprint density at radius 2 is 1.52 bits per heavy atom. The lowest BCUT2D eigenvalue weighted by Gasteiger charge is -2.53. The lowest BCUT2D eigenvalue weighted by Crippen LogP contribution is -2.67. The minimum absolute atomic E-state index is 0.0965. The molecule has 0 saturated carbocycles. The molecule has 0 N–H and O–H groups in total. The number of hydrogen-bond donors (Lipinski definition) is 0. The van der Waals surface area contributed by atoms with E-state index in [-0.39, 0.29) is 46.1 Å². The summed E-state index contributed by atoms with van der Waals surface area (Å²) >= 11 is 0. The second-order valence-electron chi connectivity index (χ2n) is 17.9. The fraction of sp³-hybridized carbons (Fsp3) is 0.426. The topological polar surface area (TPSA) is 144 Å². The molecule has 13 heteroatoms. The Labute approximate surface area is 354 Å². The molecular formula is C47H58N2O10Si. The fourth-order valence-electron chi connectivity index (χ4n) is 7.13. The summed E-state index contributed by atoms with van der Waals surface area (Å²) in [6, 6.07) is 23.0. The molecule has 2 aliphatic carbocycles. The van der Waals surface area contributed by atoms with Crippen LogP contribution in [0.4, 0.5) is 4.79 Å². The summed E-state index contributed by atoms with van der Waals surface area (Å²) in [5.74, 6) is -0.794. The van der Waals surface area contributed by atoms with Crippen LogP contribution in [0.5, 0.6) is 17.4 Å². The molecule has 0 spiro atoms. The van der Waals surface area contributed by atoms with Gasteiger partial charge in [0.1, 0.15) is 34.8 Å². The number of carbonyl (C=O) groups excluding carboxylic acids is 4. The molecule has 1 heterocycles. The van der Waals surface area contributed by atoms with Gasteiger partial charge in [-0.2, -0.15) is 0 Å². The Morgan fingerprint density at radius 1 is 0.883 bits per heavy atom. The van der Waals surface area contributed by atoms with E-state index >= 15 is 0 Å². The first-order valence-corrected chi connectivity index (χ1v) is 23.1. The molecule has 6 rings (SSSR count). The van der Waals surface area contributed by atoms with Crippen molar-refractivity contribution in [3.63, 3.8) is 0 Å². The molecule has 2 aliphatic rings. The van der Waals surface area contributed by atoms with E-state index in [1.54, 1.807) is 63.2 Å². The number of para-hydroxylation sites is 1. The van der Waals surface area contributed by atoms with Crippen molar-refractivity contribution in [2.45, 2.75) is 104 Å². The van der Waals surface area contributed by atoms with Gasteiger partial charge >= 0.3 is 12.1 Å². The highest BCUT2D eigenvalue weighted by Crippen LogP contribution is 2.55. The van der Waals surface area contributed by atoms with Crippen molar-refractivity contribution in [3.05, 3.63) is 119 Å². The zero-order chi connectivity index (χ0) is 44.2. The zero-order valence-corrected chi connectivity index (χ0v) is 37.8. The third-order valence-corrected chi connectivity index (χ3v) is 15.5. The van der Waals surface area contributed by atoms with Crippen LogP contribution in [-0.2, 0) is 27.0 Å². The Kier molecular flexibility index (Phi) is 13.8. The fourth-order valence-corrected chi connectivity index (χ4v) is 8.57. The highest BCUT2D eigenvalue weighted by molar-refractivity contribution is 6.74. The number of carbonyl (C=O) groups is 4. The second-order valence-corrected chi connectivity index (χ2v) is 22.6. The van der Waals surface area contributed by atoms with Crippen molar-refractivity contribution in [2.75, 3.05) is 14.1 Å². The SMILES string of the molecule is CCc1cccc(OC(=O)OC(C)(C)C)c1C(=O)Oc1ccccc1.C[C@H]1C=CC(=O)[C@]2(O[Si](C)(C)C(C)(C)C)C(=O)c3c(OCc4ccccc4)noc3[C@@H](N(C)C)[C@H]12. The summed E-state index contributed by atoms with van der Waals surface area (Å²) in [4.78, 5) is 54.8. The third kappa shape index (κ3) is 9.80. The Hall–Kier alpha value is -5.37. The molecule has 0 unspecified atom stereocenters. The van der Waals surface area contributed by atoms with Gasteiger partial charge in [-0.3, -0.25) is 14.5 Å². The quantitative estimate of drug-likeness (QED) is 0.0493. The van der Waals surface area contributed by atoms with Crippen molar-refractivity contribution in [1.29, 1.82) is 0 Å². The van der Waals surface area contributed by atoms with Gasteiger partial charge in [0, 0.05) is 5.92 Å². The smallest absolute Gasteiger partial charge is 0.470 e. The lowest BCUT2D eigenvalue weighted by atomic mass is 9.61. The van der Waals surface area contributed by atoms with Crippen LogP contribution in [0.3, 0.4) is 0 Å². The first-order valence-electron chi connectivity index (χ1n) is 20.2. The monoisotopic (exact) mass is 838 g/mol. The molecular weight excluding hydrogens is 781 g/mol. The van der Waals surface area contributed by atoms with Crippen LogP contribution in [0.2, 0.25) is 18.1 Å². The van der Waals surface area contributed by atoms with E-state index in [2.05, 4.69) is 39.0 Å². The molecule has 0 saturated heterocycles. The van der Waals surface area contributed by atoms with Crippen LogP contribution in [0, 0.1) is 11.8 Å². The number of aromatic nitrogens is 1. The summed E-state index contributed by atoms with van der Waals surface area (Å²) < 4.78 is 34.5. The lowest BCUT2D eigenvalue weighted by molar-refractivity contribution is -0.137. The van der Waals surface area contributed by atoms with Crippen LogP contribution in [0.25, 0.3) is 0 Å². The number of benzene rings is 3. The average Bonchev–Trinajstić information content (AvgIpc) is 3.59. The number of aryl methyl sites for hydroxylation is 1. The number of ether oxygens (including phenoxy) is 4. The number of rotatable bonds is 10.